The summed E-state index contributed by atoms with van der Waals surface area (Å²) in [7, 11) is -4.33. The fourth-order valence-corrected chi connectivity index (χ4v) is 4.42. The van der Waals surface area contributed by atoms with Crippen molar-refractivity contribution in [3.63, 3.8) is 0 Å². The molecule has 1 amide bonds. The van der Waals surface area contributed by atoms with Crippen LogP contribution in [0, 0.1) is 5.82 Å². The fraction of sp³-hybridized carbons (Fsp3) is 0.368. The minimum absolute atomic E-state index is 0.0153. The number of allylic oxidation sites excluding steroid dienone is 1. The minimum Gasteiger partial charge on any atom is -0.434 e. The van der Waals surface area contributed by atoms with Crippen molar-refractivity contribution >= 4 is 33.5 Å². The van der Waals surface area contributed by atoms with Gasteiger partial charge in [-0.1, -0.05) is 12.2 Å². The third-order valence-corrected chi connectivity index (χ3v) is 5.97. The van der Waals surface area contributed by atoms with Crippen LogP contribution in [0.2, 0.25) is 0 Å². The maximum atomic E-state index is 15.6. The van der Waals surface area contributed by atoms with E-state index in [1.54, 1.807) is 17.7 Å². The summed E-state index contributed by atoms with van der Waals surface area (Å²) in [5.41, 5.74) is 0.236. The van der Waals surface area contributed by atoms with Crippen molar-refractivity contribution < 1.29 is 31.9 Å². The molecule has 0 bridgehead atoms. The highest BCUT2D eigenvalue weighted by Crippen LogP contribution is 2.39. The van der Waals surface area contributed by atoms with Gasteiger partial charge in [-0.25, -0.2) is 18.2 Å². The molecule has 0 aliphatic carbocycles. The highest BCUT2D eigenvalue weighted by Gasteiger charge is 2.39. The predicted molar refractivity (Wildman–Crippen MR) is 108 cm³/mol. The Balaban J connectivity index is 2.05. The molecule has 2 heterocycles. The van der Waals surface area contributed by atoms with Crippen LogP contribution >= 0.6 is 0 Å². The lowest BCUT2D eigenvalue weighted by molar-refractivity contribution is -0.117. The quantitative estimate of drug-likeness (QED) is 0.379. The van der Waals surface area contributed by atoms with Crippen molar-refractivity contribution in [1.82, 2.24) is 10.0 Å². The standard InChI is InChI=1S/C19H22FN3O6S/c1-3-5-6-13-9-12(10-21-13)14-7-8-15(29-19(25)28-4-2)18(17(14)20)23-11-16(24)22-30(23,26)27/h3,7-9,13,21H,1,4-6,10-11H2,2H3,(H,22,24). The summed E-state index contributed by atoms with van der Waals surface area (Å²) in [4.78, 5) is 23.4. The third-order valence-electron chi connectivity index (χ3n) is 4.59. The topological polar surface area (TPSA) is 114 Å². The maximum absolute atomic E-state index is 15.6. The molecule has 0 spiro atoms. The molecule has 1 aromatic carbocycles. The predicted octanol–water partition coefficient (Wildman–Crippen LogP) is 1.86. The van der Waals surface area contributed by atoms with E-state index in [0.29, 0.717) is 16.4 Å². The van der Waals surface area contributed by atoms with Crippen LogP contribution < -0.4 is 19.1 Å². The first-order chi connectivity index (χ1) is 14.3. The fourth-order valence-electron chi connectivity index (χ4n) is 3.26. The summed E-state index contributed by atoms with van der Waals surface area (Å²) in [5.74, 6) is -2.12. The van der Waals surface area contributed by atoms with E-state index in [4.69, 9.17) is 9.47 Å². The molecule has 1 atom stereocenters. The Kier molecular flexibility index (Phi) is 6.42. The molecule has 0 aromatic heterocycles. The summed E-state index contributed by atoms with van der Waals surface area (Å²) in [5, 5.41) is 3.23. The Bertz CT molecular complexity index is 1010. The second-order valence-electron chi connectivity index (χ2n) is 6.64. The van der Waals surface area contributed by atoms with E-state index in [1.807, 2.05) is 6.08 Å². The molecule has 11 heteroatoms. The van der Waals surface area contributed by atoms with Crippen LogP contribution in [-0.4, -0.2) is 46.2 Å². The third kappa shape index (κ3) is 4.46. The van der Waals surface area contributed by atoms with Gasteiger partial charge in [-0.05, 0) is 37.5 Å². The number of hydrogen-bond acceptors (Lipinski definition) is 7. The van der Waals surface area contributed by atoms with Crippen molar-refractivity contribution in [1.29, 1.82) is 0 Å². The first kappa shape index (κ1) is 21.8. The highest BCUT2D eigenvalue weighted by atomic mass is 32.2. The van der Waals surface area contributed by atoms with Crippen molar-refractivity contribution in [2.75, 3.05) is 24.0 Å². The summed E-state index contributed by atoms with van der Waals surface area (Å²) < 4.78 is 52.2. The molecule has 2 N–H and O–H groups in total. The summed E-state index contributed by atoms with van der Waals surface area (Å²) in [6.45, 7) is 4.99. The molecule has 3 rings (SSSR count). The van der Waals surface area contributed by atoms with Gasteiger partial charge in [0.2, 0.25) is 0 Å². The number of carbonyl (C=O) groups is 2. The van der Waals surface area contributed by atoms with Gasteiger partial charge in [-0.15, -0.1) is 6.58 Å². The minimum atomic E-state index is -4.33. The molecule has 2 aliphatic rings. The molecule has 30 heavy (non-hydrogen) atoms. The van der Waals surface area contributed by atoms with Crippen LogP contribution in [0.3, 0.4) is 0 Å². The SMILES string of the molecule is C=CCCC1C=C(c2ccc(OC(=O)OCC)c(N3CC(=O)NS3(=O)=O)c2F)CN1. The van der Waals surface area contributed by atoms with Crippen LogP contribution in [-0.2, 0) is 19.7 Å². The Morgan fingerprint density at radius 1 is 1.43 bits per heavy atom. The number of amides is 1. The molecule has 9 nitrogen and oxygen atoms in total. The molecule has 0 radical (unpaired) electrons. The Morgan fingerprint density at radius 3 is 2.83 bits per heavy atom. The number of halogens is 1. The van der Waals surface area contributed by atoms with Crippen molar-refractivity contribution in [3.8, 4) is 5.75 Å². The van der Waals surface area contributed by atoms with Gasteiger partial charge in [0.25, 0.3) is 5.91 Å². The van der Waals surface area contributed by atoms with Crippen molar-refractivity contribution in [2.24, 2.45) is 0 Å². The molecule has 1 saturated heterocycles. The Hall–Kier alpha value is -2.92. The van der Waals surface area contributed by atoms with Gasteiger partial charge < -0.3 is 14.8 Å². The average molecular weight is 439 g/mol. The Morgan fingerprint density at radius 2 is 2.20 bits per heavy atom. The molecule has 1 fully saturated rings. The lowest BCUT2D eigenvalue weighted by Crippen LogP contribution is -2.31. The number of rotatable bonds is 7. The second kappa shape index (κ2) is 8.84. The van der Waals surface area contributed by atoms with E-state index in [-0.39, 0.29) is 24.0 Å². The van der Waals surface area contributed by atoms with Gasteiger partial charge in [0.1, 0.15) is 12.2 Å². The zero-order valence-corrected chi connectivity index (χ0v) is 17.1. The van der Waals surface area contributed by atoms with Crippen LogP contribution in [0.5, 0.6) is 5.75 Å². The normalized spacial score (nSPS) is 19.9. The summed E-state index contributed by atoms with van der Waals surface area (Å²) in [6.07, 6.45) is 4.09. The molecular formula is C19H22FN3O6S. The maximum Gasteiger partial charge on any atom is 0.513 e. The lowest BCUT2D eigenvalue weighted by Gasteiger charge is -2.20. The van der Waals surface area contributed by atoms with E-state index < -0.39 is 40.3 Å². The molecule has 162 valence electrons. The summed E-state index contributed by atoms with van der Waals surface area (Å²) in [6, 6.07) is 2.70. The van der Waals surface area contributed by atoms with Crippen molar-refractivity contribution in [2.45, 2.75) is 25.8 Å². The van der Waals surface area contributed by atoms with Gasteiger partial charge in [0, 0.05) is 18.2 Å². The first-order valence-corrected chi connectivity index (χ1v) is 10.8. The van der Waals surface area contributed by atoms with Crippen LogP contribution in [0.25, 0.3) is 5.57 Å². The molecular weight excluding hydrogens is 417 g/mol. The number of anilines is 1. The van der Waals surface area contributed by atoms with E-state index >= 15 is 4.39 Å². The number of nitrogens with one attached hydrogen (secondary N) is 2. The van der Waals surface area contributed by atoms with Gasteiger partial charge in [0.15, 0.2) is 11.6 Å². The van der Waals surface area contributed by atoms with Crippen molar-refractivity contribution in [3.05, 3.63) is 42.2 Å². The zero-order chi connectivity index (χ0) is 21.9. The molecule has 0 saturated carbocycles. The number of ether oxygens (including phenoxy) is 2. The lowest BCUT2D eigenvalue weighted by atomic mass is 10.0. The average Bonchev–Trinajstić information content (AvgIpc) is 3.24. The molecule has 1 aromatic rings. The van der Waals surface area contributed by atoms with Crippen LogP contribution in [0.4, 0.5) is 14.9 Å². The zero-order valence-electron chi connectivity index (χ0n) is 16.3. The monoisotopic (exact) mass is 439 g/mol. The molecule has 1 unspecified atom stereocenters. The van der Waals surface area contributed by atoms with E-state index in [0.717, 1.165) is 12.8 Å². The smallest absolute Gasteiger partial charge is 0.434 e. The number of benzene rings is 1. The number of nitrogens with zero attached hydrogens (tertiary/aromatic N) is 1. The van der Waals surface area contributed by atoms with E-state index in [2.05, 4.69) is 11.9 Å². The van der Waals surface area contributed by atoms with Gasteiger partial charge in [0.05, 0.1) is 6.61 Å². The van der Waals surface area contributed by atoms with Crippen LogP contribution in [0.15, 0.2) is 30.9 Å². The summed E-state index contributed by atoms with van der Waals surface area (Å²) >= 11 is 0. The molecule has 2 aliphatic heterocycles. The number of hydrogen-bond donors (Lipinski definition) is 2. The van der Waals surface area contributed by atoms with E-state index in [9.17, 15) is 18.0 Å². The van der Waals surface area contributed by atoms with E-state index in [1.165, 1.54) is 12.1 Å². The highest BCUT2D eigenvalue weighted by molar-refractivity contribution is 7.92. The second-order valence-corrected chi connectivity index (χ2v) is 8.24. The Labute approximate surface area is 173 Å². The van der Waals surface area contributed by atoms with Gasteiger partial charge in [-0.2, -0.15) is 8.42 Å². The number of carbonyl (C=O) groups excluding carboxylic acids is 2. The van der Waals surface area contributed by atoms with Gasteiger partial charge >= 0.3 is 16.4 Å². The largest absolute Gasteiger partial charge is 0.513 e. The van der Waals surface area contributed by atoms with Crippen LogP contribution in [0.1, 0.15) is 25.3 Å². The first-order valence-electron chi connectivity index (χ1n) is 9.32. The van der Waals surface area contributed by atoms with Gasteiger partial charge in [-0.3, -0.25) is 4.79 Å².